The van der Waals surface area contributed by atoms with Crippen LogP contribution in [0.4, 0.5) is 0 Å². The lowest BCUT2D eigenvalue weighted by molar-refractivity contribution is -0.205. The van der Waals surface area contributed by atoms with E-state index in [0.717, 1.165) is 32.1 Å². The van der Waals surface area contributed by atoms with Gasteiger partial charge in [-0.15, -0.1) is 0 Å². The topological polar surface area (TPSA) is 57.5 Å². The average molecular weight is 306 g/mol. The zero-order chi connectivity index (χ0) is 15.8. The molecule has 7 atom stereocenters. The normalized spacial score (nSPS) is 57.4. The highest BCUT2D eigenvalue weighted by molar-refractivity contribution is 5.84. The zero-order valence-electron chi connectivity index (χ0n) is 14.0. The first kappa shape index (κ1) is 15.1. The van der Waals surface area contributed by atoms with Crippen molar-refractivity contribution in [2.24, 2.45) is 34.0 Å². The van der Waals surface area contributed by atoms with Crippen LogP contribution >= 0.6 is 0 Å². The molecular weight excluding hydrogens is 276 g/mol. The maximum Gasteiger partial charge on any atom is 0.136 e. The third-order valence-electron chi connectivity index (χ3n) is 8.46. The highest BCUT2D eigenvalue weighted by atomic mass is 16.3. The number of hydrogen-bond acceptors (Lipinski definition) is 3. The second kappa shape index (κ2) is 4.57. The Morgan fingerprint density at radius 2 is 1.95 bits per heavy atom. The summed E-state index contributed by atoms with van der Waals surface area (Å²) in [6.07, 6.45) is 7.53. The van der Waals surface area contributed by atoms with Crippen LogP contribution in [0.25, 0.3) is 0 Å². The van der Waals surface area contributed by atoms with Gasteiger partial charge in [-0.2, -0.15) is 0 Å². The SMILES string of the molecule is C[C@]1(CO)CCC[C@]2(C)[C@@H]1C[C@H](O)[C@]13CC(=O)[C@H](CC[C@@H]21)C3. The monoisotopic (exact) mass is 306 g/mol. The van der Waals surface area contributed by atoms with Gasteiger partial charge in [0.15, 0.2) is 0 Å². The van der Waals surface area contributed by atoms with Crippen LogP contribution in [0.5, 0.6) is 0 Å². The van der Waals surface area contributed by atoms with E-state index in [0.29, 0.717) is 24.0 Å². The van der Waals surface area contributed by atoms with Gasteiger partial charge in [-0.1, -0.05) is 20.3 Å². The Bertz CT molecular complexity index is 503. The molecule has 4 saturated carbocycles. The molecule has 22 heavy (non-hydrogen) atoms. The molecule has 124 valence electrons. The van der Waals surface area contributed by atoms with Gasteiger partial charge in [0.1, 0.15) is 5.78 Å². The Morgan fingerprint density at radius 3 is 2.68 bits per heavy atom. The highest BCUT2D eigenvalue weighted by Gasteiger charge is 2.67. The molecule has 0 radical (unpaired) electrons. The van der Waals surface area contributed by atoms with Crippen molar-refractivity contribution in [3.63, 3.8) is 0 Å². The molecule has 4 aliphatic rings. The molecule has 0 aromatic heterocycles. The Hall–Kier alpha value is -0.410. The largest absolute Gasteiger partial charge is 0.396 e. The smallest absolute Gasteiger partial charge is 0.136 e. The number of hydrogen-bond donors (Lipinski definition) is 2. The fraction of sp³-hybridized carbons (Fsp3) is 0.947. The van der Waals surface area contributed by atoms with Gasteiger partial charge in [0.2, 0.25) is 0 Å². The molecule has 4 aliphatic carbocycles. The van der Waals surface area contributed by atoms with Crippen molar-refractivity contribution in [3.8, 4) is 0 Å². The average Bonchev–Trinajstić information content (AvgIpc) is 2.73. The molecule has 3 heteroatoms. The van der Waals surface area contributed by atoms with Gasteiger partial charge in [0, 0.05) is 24.4 Å². The number of carbonyl (C=O) groups excluding carboxylic acids is 1. The second-order valence-corrected chi connectivity index (χ2v) is 9.38. The number of Topliss-reactive ketones (excluding diaryl/α,β-unsaturated/α-hetero) is 1. The lowest BCUT2D eigenvalue weighted by Gasteiger charge is -2.65. The number of rotatable bonds is 1. The van der Waals surface area contributed by atoms with Crippen LogP contribution in [0, 0.1) is 34.0 Å². The van der Waals surface area contributed by atoms with E-state index < -0.39 is 0 Å². The summed E-state index contributed by atoms with van der Waals surface area (Å²) in [6, 6.07) is 0. The van der Waals surface area contributed by atoms with Gasteiger partial charge in [-0.05, 0) is 61.2 Å². The van der Waals surface area contributed by atoms with Crippen LogP contribution in [0.1, 0.15) is 65.2 Å². The Labute approximate surface area is 133 Å². The maximum atomic E-state index is 12.3. The molecule has 4 fully saturated rings. The predicted octanol–water partition coefficient (Wildman–Crippen LogP) is 2.93. The van der Waals surface area contributed by atoms with Gasteiger partial charge < -0.3 is 10.2 Å². The third kappa shape index (κ3) is 1.67. The fourth-order valence-electron chi connectivity index (χ4n) is 7.41. The summed E-state index contributed by atoms with van der Waals surface area (Å²) < 4.78 is 0. The minimum absolute atomic E-state index is 0.0605. The van der Waals surface area contributed by atoms with E-state index in [1.165, 1.54) is 12.8 Å². The zero-order valence-corrected chi connectivity index (χ0v) is 14.0. The summed E-state index contributed by atoms with van der Waals surface area (Å²) in [5.74, 6) is 1.47. The van der Waals surface area contributed by atoms with Crippen LogP contribution in [0.15, 0.2) is 0 Å². The molecule has 0 heterocycles. The molecule has 0 saturated heterocycles. The van der Waals surface area contributed by atoms with E-state index >= 15 is 0 Å². The van der Waals surface area contributed by atoms with Crippen molar-refractivity contribution in [1.29, 1.82) is 0 Å². The van der Waals surface area contributed by atoms with Gasteiger partial charge in [0.25, 0.3) is 0 Å². The molecule has 4 rings (SSSR count). The van der Waals surface area contributed by atoms with Gasteiger partial charge in [0.05, 0.1) is 6.10 Å². The summed E-state index contributed by atoms with van der Waals surface area (Å²) in [7, 11) is 0. The molecular formula is C19H30O3. The standard InChI is InChI=1S/C19H30O3/c1-17(11-20)6-3-7-18(2)14-5-4-12-9-19(14,10-13(12)21)16(22)8-15(17)18/h12,14-16,20,22H,3-11H2,1-2H3/t12-,14+,15-,16+,17-,18+,19-/m1/s1. The van der Waals surface area contributed by atoms with Crippen molar-refractivity contribution in [2.45, 2.75) is 71.3 Å². The van der Waals surface area contributed by atoms with Crippen LogP contribution in [0.3, 0.4) is 0 Å². The van der Waals surface area contributed by atoms with Crippen LogP contribution in [-0.2, 0) is 4.79 Å². The lowest BCUT2D eigenvalue weighted by atomic mass is 9.40. The van der Waals surface area contributed by atoms with E-state index in [-0.39, 0.29) is 34.9 Å². The fourth-order valence-corrected chi connectivity index (χ4v) is 7.41. The molecule has 0 unspecified atom stereocenters. The number of aliphatic hydroxyl groups is 2. The summed E-state index contributed by atoms with van der Waals surface area (Å²) in [5, 5.41) is 21.1. The Morgan fingerprint density at radius 1 is 1.18 bits per heavy atom. The number of fused-ring (bicyclic) bond motifs is 3. The summed E-state index contributed by atoms with van der Waals surface area (Å²) in [6.45, 7) is 4.85. The third-order valence-corrected chi connectivity index (χ3v) is 8.46. The molecule has 0 aliphatic heterocycles. The van der Waals surface area contributed by atoms with Crippen molar-refractivity contribution in [3.05, 3.63) is 0 Å². The van der Waals surface area contributed by atoms with Crippen molar-refractivity contribution < 1.29 is 15.0 Å². The van der Waals surface area contributed by atoms with E-state index in [9.17, 15) is 15.0 Å². The van der Waals surface area contributed by atoms with Crippen LogP contribution in [0.2, 0.25) is 0 Å². The minimum Gasteiger partial charge on any atom is -0.396 e. The van der Waals surface area contributed by atoms with Crippen molar-refractivity contribution in [1.82, 2.24) is 0 Å². The molecule has 1 spiro atoms. The number of ketones is 1. The quantitative estimate of drug-likeness (QED) is 0.783. The second-order valence-electron chi connectivity index (χ2n) is 9.38. The van der Waals surface area contributed by atoms with Crippen molar-refractivity contribution >= 4 is 5.78 Å². The van der Waals surface area contributed by atoms with Gasteiger partial charge >= 0.3 is 0 Å². The van der Waals surface area contributed by atoms with Crippen LogP contribution < -0.4 is 0 Å². The number of carbonyl (C=O) groups is 1. The van der Waals surface area contributed by atoms with E-state index in [2.05, 4.69) is 13.8 Å². The summed E-state index contributed by atoms with van der Waals surface area (Å²) in [5.41, 5.74) is -0.0153. The molecule has 0 aromatic rings. The van der Waals surface area contributed by atoms with Crippen molar-refractivity contribution in [2.75, 3.05) is 6.61 Å². The Kier molecular flexibility index (Phi) is 3.14. The highest BCUT2D eigenvalue weighted by Crippen LogP contribution is 2.70. The number of aliphatic hydroxyl groups excluding tert-OH is 2. The molecule has 2 N–H and O–H groups in total. The van der Waals surface area contributed by atoms with Gasteiger partial charge in [-0.25, -0.2) is 0 Å². The van der Waals surface area contributed by atoms with E-state index in [1.54, 1.807) is 0 Å². The predicted molar refractivity (Wildman–Crippen MR) is 84.2 cm³/mol. The van der Waals surface area contributed by atoms with Crippen LogP contribution in [-0.4, -0.2) is 28.7 Å². The minimum atomic E-state index is -0.353. The lowest BCUT2D eigenvalue weighted by Crippen LogP contribution is -2.62. The van der Waals surface area contributed by atoms with E-state index in [4.69, 9.17) is 0 Å². The first-order chi connectivity index (χ1) is 10.4. The van der Waals surface area contributed by atoms with E-state index in [1.807, 2.05) is 0 Å². The summed E-state index contributed by atoms with van der Waals surface area (Å²) in [4.78, 5) is 12.3. The van der Waals surface area contributed by atoms with Gasteiger partial charge in [-0.3, -0.25) is 4.79 Å². The first-order valence-corrected chi connectivity index (χ1v) is 9.17. The molecule has 0 amide bonds. The molecule has 0 aromatic carbocycles. The molecule has 2 bridgehead atoms. The maximum absolute atomic E-state index is 12.3. The first-order valence-electron chi connectivity index (χ1n) is 9.17. The molecule has 3 nitrogen and oxygen atoms in total. The summed E-state index contributed by atoms with van der Waals surface area (Å²) >= 11 is 0. The Balaban J connectivity index is 1.78.